The van der Waals surface area contributed by atoms with Crippen molar-refractivity contribution in [3.63, 3.8) is 0 Å². The van der Waals surface area contributed by atoms with E-state index in [0.29, 0.717) is 0 Å². The van der Waals surface area contributed by atoms with E-state index in [1.54, 1.807) is 0 Å². The largest absolute Gasteiger partial charge is 2.00 e. The van der Waals surface area contributed by atoms with Crippen LogP contribution in [0.1, 0.15) is 0 Å². The SMILES string of the molecule is O=[N+]([O-])[O-].O=[N+]([O-])[O-].O=[N+]([O-])[O-].O=[N+]([O-])[O-].[Ca+2].[Mg+2]. The van der Waals surface area contributed by atoms with Crippen LogP contribution in [0.25, 0.3) is 0 Å². The van der Waals surface area contributed by atoms with Gasteiger partial charge in [-0.15, -0.1) is 0 Å². The second-order valence-corrected chi connectivity index (χ2v) is 0.894. The predicted octanol–water partition coefficient (Wildman–Crippen LogP) is -1.72. The van der Waals surface area contributed by atoms with E-state index in [1.807, 2.05) is 0 Å². The second-order valence-electron chi connectivity index (χ2n) is 0.894. The van der Waals surface area contributed by atoms with Crippen LogP contribution >= 0.6 is 0 Å². The van der Waals surface area contributed by atoms with E-state index in [4.69, 9.17) is 61.3 Å². The summed E-state index contributed by atoms with van der Waals surface area (Å²) in [6.07, 6.45) is 0. The van der Waals surface area contributed by atoms with Gasteiger partial charge in [-0.25, -0.2) is 0 Å². The first-order chi connectivity index (χ1) is 6.93. The van der Waals surface area contributed by atoms with Crippen molar-refractivity contribution in [2.75, 3.05) is 0 Å². The van der Waals surface area contributed by atoms with Crippen LogP contribution in [0.5, 0.6) is 0 Å². The molecule has 0 unspecified atom stereocenters. The summed E-state index contributed by atoms with van der Waals surface area (Å²) in [5, 5.41) is 59.0. The summed E-state index contributed by atoms with van der Waals surface area (Å²) in [6.45, 7) is 0. The van der Waals surface area contributed by atoms with Crippen LogP contribution in [0.2, 0.25) is 0 Å². The van der Waals surface area contributed by atoms with Crippen molar-refractivity contribution in [2.24, 2.45) is 0 Å². The molecule has 96 valence electrons. The van der Waals surface area contributed by atoms with Gasteiger partial charge in [-0.2, -0.15) is 0 Å². The number of rotatable bonds is 0. The van der Waals surface area contributed by atoms with Crippen molar-refractivity contribution in [1.29, 1.82) is 0 Å². The standard InChI is InChI=1S/Ca.Mg.4NO3/c;;4*2-1(3)4/q2*+2;4*-1. The second kappa shape index (κ2) is 29.7. The molecule has 0 N–H and O–H groups in total. The van der Waals surface area contributed by atoms with Crippen molar-refractivity contribution in [3.05, 3.63) is 61.3 Å². The Morgan fingerprint density at radius 2 is 0.444 bits per heavy atom. The van der Waals surface area contributed by atoms with Crippen molar-refractivity contribution in [1.82, 2.24) is 0 Å². The molecule has 0 aromatic carbocycles. The Hall–Kier alpha value is -1.17. The van der Waals surface area contributed by atoms with Gasteiger partial charge < -0.3 is 61.3 Å². The van der Waals surface area contributed by atoms with E-state index in [1.165, 1.54) is 0 Å². The molecule has 0 aromatic rings. The van der Waals surface area contributed by atoms with Crippen LogP contribution in [0, 0.1) is 61.3 Å². The normalized spacial score (nSPS) is 5.33. The number of nitrogens with zero attached hydrogens (tertiary/aromatic N) is 4. The molecule has 0 atom stereocenters. The molecule has 0 saturated heterocycles. The quantitative estimate of drug-likeness (QED) is 0.274. The fourth-order valence-electron chi connectivity index (χ4n) is 0. The summed E-state index contributed by atoms with van der Waals surface area (Å²) in [4.78, 5) is 33.0. The fraction of sp³-hybridized carbons (Fsp3) is 0. The molecule has 0 bridgehead atoms. The molecule has 0 radical (unpaired) electrons. The topological polar surface area (TPSA) is 265 Å². The molecule has 0 heterocycles. The first-order valence-electron chi connectivity index (χ1n) is 2.19. The summed E-state index contributed by atoms with van der Waals surface area (Å²) >= 11 is 0. The summed E-state index contributed by atoms with van der Waals surface area (Å²) < 4.78 is 0. The van der Waals surface area contributed by atoms with E-state index in [-0.39, 0.29) is 60.8 Å². The third-order valence-electron chi connectivity index (χ3n) is 0. The molecule has 16 nitrogen and oxygen atoms in total. The zero-order valence-corrected chi connectivity index (χ0v) is 11.7. The van der Waals surface area contributed by atoms with E-state index >= 15 is 0 Å². The van der Waals surface area contributed by atoms with Crippen LogP contribution in [-0.2, 0) is 0 Å². The Morgan fingerprint density at radius 3 is 0.444 bits per heavy atom. The zero-order chi connectivity index (χ0) is 14.3. The van der Waals surface area contributed by atoms with Gasteiger partial charge in [0, 0.05) is 0 Å². The Balaban J connectivity index is -0.0000000257. The molecule has 0 aliphatic carbocycles. The average Bonchev–Trinajstić information content (AvgIpc) is 1.76. The van der Waals surface area contributed by atoms with Gasteiger partial charge in [0.25, 0.3) is 0 Å². The maximum absolute atomic E-state index is 8.25. The Morgan fingerprint density at radius 1 is 0.444 bits per heavy atom. The van der Waals surface area contributed by atoms with Crippen LogP contribution < -0.4 is 0 Å². The van der Waals surface area contributed by atoms with E-state index in [9.17, 15) is 0 Å². The molecular weight excluding hydrogens is 312 g/mol. The monoisotopic (exact) mass is 312 g/mol. The van der Waals surface area contributed by atoms with Crippen LogP contribution in [0.4, 0.5) is 0 Å². The zero-order valence-electron chi connectivity index (χ0n) is 8.10. The minimum Gasteiger partial charge on any atom is -0.356 e. The molecule has 0 aromatic heterocycles. The molecule has 18 heavy (non-hydrogen) atoms. The Kier molecular flexibility index (Phi) is 59.3. The third kappa shape index (κ3) is 2060. The van der Waals surface area contributed by atoms with Gasteiger partial charge >= 0.3 is 60.8 Å². The van der Waals surface area contributed by atoms with Gasteiger partial charge in [0.15, 0.2) is 0 Å². The fourth-order valence-corrected chi connectivity index (χ4v) is 0. The minimum atomic E-state index is -1.75. The molecule has 0 amide bonds. The van der Waals surface area contributed by atoms with Gasteiger partial charge in [0.05, 0.1) is 20.3 Å². The van der Waals surface area contributed by atoms with Crippen molar-refractivity contribution in [2.45, 2.75) is 0 Å². The maximum atomic E-state index is 8.25. The van der Waals surface area contributed by atoms with Crippen molar-refractivity contribution < 1.29 is 20.3 Å². The Labute approximate surface area is 141 Å². The van der Waals surface area contributed by atoms with E-state index in [0.717, 1.165) is 0 Å². The predicted molar refractivity (Wildman–Crippen MR) is 53.0 cm³/mol. The summed E-state index contributed by atoms with van der Waals surface area (Å²) in [5.74, 6) is 0. The molecule has 0 fully saturated rings. The van der Waals surface area contributed by atoms with Crippen LogP contribution in [0.15, 0.2) is 0 Å². The summed E-state index contributed by atoms with van der Waals surface area (Å²) in [6, 6.07) is 0. The first kappa shape index (κ1) is 36.0. The van der Waals surface area contributed by atoms with Crippen molar-refractivity contribution in [3.8, 4) is 0 Å². The molecule has 0 saturated carbocycles. The van der Waals surface area contributed by atoms with Gasteiger partial charge in [0.1, 0.15) is 0 Å². The van der Waals surface area contributed by atoms with Crippen molar-refractivity contribution >= 4 is 60.8 Å². The number of hydrogen-bond donors (Lipinski definition) is 0. The van der Waals surface area contributed by atoms with Crippen LogP contribution in [0.3, 0.4) is 0 Å². The molecule has 0 rings (SSSR count). The smallest absolute Gasteiger partial charge is 0.356 e. The third-order valence-corrected chi connectivity index (χ3v) is 0. The van der Waals surface area contributed by atoms with Gasteiger partial charge in [-0.3, -0.25) is 0 Å². The average molecular weight is 312 g/mol. The number of hydrogen-bond acceptors (Lipinski definition) is 12. The Bertz CT molecular complexity index is 164. The van der Waals surface area contributed by atoms with E-state index in [2.05, 4.69) is 0 Å². The molecule has 0 aliphatic heterocycles. The summed E-state index contributed by atoms with van der Waals surface area (Å²) in [5.41, 5.74) is 0. The van der Waals surface area contributed by atoms with Gasteiger partial charge in [-0.1, -0.05) is 0 Å². The minimum absolute atomic E-state index is 0. The summed E-state index contributed by atoms with van der Waals surface area (Å²) in [7, 11) is 0. The van der Waals surface area contributed by atoms with Gasteiger partial charge in [-0.05, 0) is 0 Å². The maximum Gasteiger partial charge on any atom is 2.00 e. The molecule has 18 heteroatoms. The van der Waals surface area contributed by atoms with Gasteiger partial charge in [0.2, 0.25) is 0 Å². The first-order valence-corrected chi connectivity index (χ1v) is 2.19. The molecular formula is CaMgN4O12. The molecule has 0 spiro atoms. The molecule has 0 aliphatic rings. The van der Waals surface area contributed by atoms with Crippen LogP contribution in [-0.4, -0.2) is 81.1 Å². The van der Waals surface area contributed by atoms with E-state index < -0.39 is 20.3 Å².